The molecule has 1 amide bonds. The Bertz CT molecular complexity index is 830. The van der Waals surface area contributed by atoms with Gasteiger partial charge < -0.3 is 20.7 Å². The lowest BCUT2D eigenvalue weighted by atomic mass is 10.1. The van der Waals surface area contributed by atoms with Gasteiger partial charge in [0.05, 0.1) is 17.7 Å². The third-order valence-electron chi connectivity index (χ3n) is 4.17. The van der Waals surface area contributed by atoms with Crippen molar-refractivity contribution in [3.05, 3.63) is 64.2 Å². The van der Waals surface area contributed by atoms with Gasteiger partial charge in [-0.3, -0.25) is 9.79 Å². The highest BCUT2D eigenvalue weighted by atomic mass is 127. The second-order valence-electron chi connectivity index (χ2n) is 6.23. The lowest BCUT2D eigenvalue weighted by Crippen LogP contribution is -2.42. The fraction of sp³-hybridized carbons (Fsp3) is 0.333. The van der Waals surface area contributed by atoms with Crippen LogP contribution < -0.4 is 20.7 Å². The average Bonchev–Trinajstić information content (AvgIpc) is 2.70. The Labute approximate surface area is 194 Å². The third-order valence-corrected chi connectivity index (χ3v) is 4.50. The maximum atomic E-state index is 12.1. The highest BCUT2D eigenvalue weighted by Gasteiger charge is 2.08. The van der Waals surface area contributed by atoms with Gasteiger partial charge in [0.25, 0.3) is 5.91 Å². The Kier molecular flexibility index (Phi) is 11.5. The standard InChI is InChI=1S/C21H27ClN4O2.HI/c1-15-8-9-19(28-3)16(14-15)10-11-25-21(23-2)26-13-12-24-20(27)17-6-4-5-7-18(17)22;/h4-9,14H,10-13H2,1-3H3,(H,24,27)(H2,23,25,26);1H. The molecule has 0 spiro atoms. The first-order valence-corrected chi connectivity index (χ1v) is 9.53. The summed E-state index contributed by atoms with van der Waals surface area (Å²) in [5, 5.41) is 9.72. The summed E-state index contributed by atoms with van der Waals surface area (Å²) in [6.45, 7) is 3.78. The first-order valence-electron chi connectivity index (χ1n) is 9.16. The minimum Gasteiger partial charge on any atom is -0.496 e. The zero-order valence-corrected chi connectivity index (χ0v) is 20.0. The number of amides is 1. The van der Waals surface area contributed by atoms with E-state index in [1.54, 1.807) is 38.4 Å². The molecule has 0 aliphatic heterocycles. The largest absolute Gasteiger partial charge is 0.496 e. The number of methoxy groups -OCH3 is 1. The molecule has 0 saturated heterocycles. The van der Waals surface area contributed by atoms with E-state index in [9.17, 15) is 4.79 Å². The van der Waals surface area contributed by atoms with Crippen LogP contribution in [0.25, 0.3) is 0 Å². The van der Waals surface area contributed by atoms with Crippen molar-refractivity contribution >= 4 is 47.4 Å². The first-order chi connectivity index (χ1) is 13.5. The molecular formula is C21H28ClIN4O2. The van der Waals surface area contributed by atoms with Crippen molar-refractivity contribution in [3.63, 3.8) is 0 Å². The summed E-state index contributed by atoms with van der Waals surface area (Å²) in [5.74, 6) is 1.37. The van der Waals surface area contributed by atoms with Gasteiger partial charge in [0, 0.05) is 26.7 Å². The Morgan fingerprint density at radius 2 is 1.76 bits per heavy atom. The Hall–Kier alpha value is -2.00. The predicted octanol–water partition coefficient (Wildman–Crippen LogP) is 3.41. The molecule has 0 aliphatic carbocycles. The SMILES string of the molecule is CN=C(NCCNC(=O)c1ccccc1Cl)NCCc1cc(C)ccc1OC.I. The molecule has 0 heterocycles. The number of guanidine groups is 1. The number of benzene rings is 2. The Morgan fingerprint density at radius 1 is 1.07 bits per heavy atom. The summed E-state index contributed by atoms with van der Waals surface area (Å²) in [6, 6.07) is 13.1. The van der Waals surface area contributed by atoms with Gasteiger partial charge >= 0.3 is 0 Å². The van der Waals surface area contributed by atoms with Crippen molar-refractivity contribution < 1.29 is 9.53 Å². The van der Waals surface area contributed by atoms with Gasteiger partial charge in [0.15, 0.2) is 5.96 Å². The summed E-state index contributed by atoms with van der Waals surface area (Å²) < 4.78 is 5.41. The average molecular weight is 531 g/mol. The number of ether oxygens (including phenoxy) is 1. The number of hydrogen-bond donors (Lipinski definition) is 3. The van der Waals surface area contributed by atoms with Gasteiger partial charge in [0.1, 0.15) is 5.75 Å². The summed E-state index contributed by atoms with van der Waals surface area (Å²) in [5.41, 5.74) is 2.82. The molecule has 0 bridgehead atoms. The van der Waals surface area contributed by atoms with Crippen LogP contribution in [0.1, 0.15) is 21.5 Å². The fourth-order valence-corrected chi connectivity index (χ4v) is 2.96. The summed E-state index contributed by atoms with van der Waals surface area (Å²) in [6.07, 6.45) is 0.814. The van der Waals surface area contributed by atoms with E-state index in [2.05, 4.69) is 33.9 Å². The molecule has 3 N–H and O–H groups in total. The molecule has 2 rings (SSSR count). The molecule has 8 heteroatoms. The normalized spacial score (nSPS) is 10.7. The molecular weight excluding hydrogens is 503 g/mol. The van der Waals surface area contributed by atoms with Crippen LogP contribution >= 0.6 is 35.6 Å². The van der Waals surface area contributed by atoms with E-state index in [0.717, 1.165) is 17.7 Å². The molecule has 0 unspecified atom stereocenters. The van der Waals surface area contributed by atoms with Crippen molar-refractivity contribution in [1.29, 1.82) is 0 Å². The van der Waals surface area contributed by atoms with Crippen molar-refractivity contribution in [3.8, 4) is 5.75 Å². The maximum absolute atomic E-state index is 12.1. The molecule has 0 aliphatic rings. The predicted molar refractivity (Wildman–Crippen MR) is 130 cm³/mol. The third kappa shape index (κ3) is 8.10. The smallest absolute Gasteiger partial charge is 0.252 e. The number of hydrogen-bond acceptors (Lipinski definition) is 3. The maximum Gasteiger partial charge on any atom is 0.252 e. The second-order valence-corrected chi connectivity index (χ2v) is 6.63. The minimum atomic E-state index is -0.193. The van der Waals surface area contributed by atoms with Gasteiger partial charge in [-0.25, -0.2) is 0 Å². The van der Waals surface area contributed by atoms with Crippen molar-refractivity contribution in [2.75, 3.05) is 33.8 Å². The van der Waals surface area contributed by atoms with E-state index < -0.39 is 0 Å². The molecule has 0 aromatic heterocycles. The van der Waals surface area contributed by atoms with E-state index in [-0.39, 0.29) is 29.9 Å². The van der Waals surface area contributed by atoms with Crippen LogP contribution in [0.3, 0.4) is 0 Å². The summed E-state index contributed by atoms with van der Waals surface area (Å²) >= 11 is 6.03. The lowest BCUT2D eigenvalue weighted by molar-refractivity contribution is 0.0954. The lowest BCUT2D eigenvalue weighted by Gasteiger charge is -2.14. The molecule has 0 radical (unpaired) electrons. The zero-order chi connectivity index (χ0) is 20.4. The first kappa shape index (κ1) is 25.0. The Morgan fingerprint density at radius 3 is 2.45 bits per heavy atom. The molecule has 2 aromatic rings. The molecule has 158 valence electrons. The van der Waals surface area contributed by atoms with Gasteiger partial charge in [-0.2, -0.15) is 0 Å². The molecule has 0 atom stereocenters. The van der Waals surface area contributed by atoms with E-state index in [0.29, 0.717) is 36.2 Å². The number of nitrogens with one attached hydrogen (secondary N) is 3. The fourth-order valence-electron chi connectivity index (χ4n) is 2.74. The van der Waals surface area contributed by atoms with E-state index in [4.69, 9.17) is 16.3 Å². The molecule has 2 aromatic carbocycles. The van der Waals surface area contributed by atoms with Gasteiger partial charge in [-0.1, -0.05) is 41.4 Å². The number of aryl methyl sites for hydroxylation is 1. The highest BCUT2D eigenvalue weighted by Crippen LogP contribution is 2.19. The molecule has 29 heavy (non-hydrogen) atoms. The molecule has 6 nitrogen and oxygen atoms in total. The van der Waals surface area contributed by atoms with Crippen LogP contribution in [0.2, 0.25) is 5.02 Å². The van der Waals surface area contributed by atoms with Crippen LogP contribution in [-0.4, -0.2) is 45.7 Å². The minimum absolute atomic E-state index is 0. The number of aliphatic imine (C=N–C) groups is 1. The number of halogens is 2. The van der Waals surface area contributed by atoms with E-state index >= 15 is 0 Å². The second kappa shape index (κ2) is 13.3. The van der Waals surface area contributed by atoms with Gasteiger partial charge in [-0.05, 0) is 37.1 Å². The highest BCUT2D eigenvalue weighted by molar-refractivity contribution is 14.0. The summed E-state index contributed by atoms with van der Waals surface area (Å²) in [4.78, 5) is 16.3. The number of nitrogens with zero attached hydrogens (tertiary/aromatic N) is 1. The van der Waals surface area contributed by atoms with Crippen LogP contribution in [-0.2, 0) is 6.42 Å². The Balaban J connectivity index is 0.00000420. The monoisotopic (exact) mass is 530 g/mol. The number of rotatable bonds is 8. The van der Waals surface area contributed by atoms with Crippen molar-refractivity contribution in [1.82, 2.24) is 16.0 Å². The van der Waals surface area contributed by atoms with Crippen LogP contribution in [0, 0.1) is 6.92 Å². The zero-order valence-electron chi connectivity index (χ0n) is 16.9. The topological polar surface area (TPSA) is 74.8 Å². The number of carbonyl (C=O) groups excluding carboxylic acids is 1. The van der Waals surface area contributed by atoms with Crippen LogP contribution in [0.4, 0.5) is 0 Å². The molecule has 0 fully saturated rings. The summed E-state index contributed by atoms with van der Waals surface area (Å²) in [7, 11) is 3.39. The molecule has 0 saturated carbocycles. The van der Waals surface area contributed by atoms with Crippen molar-refractivity contribution in [2.24, 2.45) is 4.99 Å². The van der Waals surface area contributed by atoms with Gasteiger partial charge in [-0.15, -0.1) is 24.0 Å². The van der Waals surface area contributed by atoms with E-state index in [1.165, 1.54) is 5.56 Å². The number of carbonyl (C=O) groups is 1. The van der Waals surface area contributed by atoms with Crippen LogP contribution in [0.5, 0.6) is 5.75 Å². The van der Waals surface area contributed by atoms with E-state index in [1.807, 2.05) is 12.1 Å². The van der Waals surface area contributed by atoms with Gasteiger partial charge in [0.2, 0.25) is 0 Å². The van der Waals surface area contributed by atoms with Crippen molar-refractivity contribution in [2.45, 2.75) is 13.3 Å². The quantitative estimate of drug-likeness (QED) is 0.212. The van der Waals surface area contributed by atoms with Crippen LogP contribution in [0.15, 0.2) is 47.5 Å².